The van der Waals surface area contributed by atoms with Crippen LogP contribution in [0, 0.1) is 0 Å². The Bertz CT molecular complexity index is 80.2. The van der Waals surface area contributed by atoms with Crippen molar-refractivity contribution in [2.45, 2.75) is 26.7 Å². The topological polar surface area (TPSA) is 21.7 Å². The van der Waals surface area contributed by atoms with E-state index in [-0.39, 0.29) is 0 Å². The molecular formula is C8H21NO2. The first-order chi connectivity index (χ1) is 5.06. The molecule has 0 atom stereocenters. The molecule has 0 aromatic carbocycles. The molecule has 0 bridgehead atoms. The Hall–Kier alpha value is -0.120. The Morgan fingerprint density at radius 2 is 1.27 bits per heavy atom. The average Bonchev–Trinajstić information content (AvgIpc) is 2.06. The average molecular weight is 163 g/mol. The molecule has 0 aromatic heterocycles. The van der Waals surface area contributed by atoms with Crippen LogP contribution in [-0.2, 0) is 9.47 Å². The summed E-state index contributed by atoms with van der Waals surface area (Å²) in [5.41, 5.74) is 0. The summed E-state index contributed by atoms with van der Waals surface area (Å²) in [5.74, 6) is -0.583. The third-order valence-electron chi connectivity index (χ3n) is 1.57. The van der Waals surface area contributed by atoms with Gasteiger partial charge >= 0.3 is 0 Å². The molecule has 0 aliphatic rings. The number of hydrogen-bond donors (Lipinski definition) is 0. The van der Waals surface area contributed by atoms with Crippen LogP contribution in [-0.4, -0.2) is 39.1 Å². The van der Waals surface area contributed by atoms with Crippen LogP contribution in [0.15, 0.2) is 0 Å². The highest BCUT2D eigenvalue weighted by Gasteiger charge is 2.24. The maximum absolute atomic E-state index is 5.05. The van der Waals surface area contributed by atoms with Crippen molar-refractivity contribution in [3.63, 3.8) is 0 Å². The second-order valence-electron chi connectivity index (χ2n) is 2.20. The van der Waals surface area contributed by atoms with E-state index in [0.717, 1.165) is 0 Å². The van der Waals surface area contributed by atoms with Crippen LogP contribution < -0.4 is 0 Å². The monoisotopic (exact) mass is 163 g/mol. The lowest BCUT2D eigenvalue weighted by Crippen LogP contribution is -2.44. The van der Waals surface area contributed by atoms with E-state index in [1.807, 2.05) is 39.8 Å². The molecule has 0 unspecified atom stereocenters. The molecule has 70 valence electrons. The summed E-state index contributed by atoms with van der Waals surface area (Å²) in [4.78, 5) is 1.85. The minimum atomic E-state index is -0.583. The number of hydrogen-bond acceptors (Lipinski definition) is 3. The van der Waals surface area contributed by atoms with Gasteiger partial charge in [-0.15, -0.1) is 0 Å². The minimum Gasteiger partial charge on any atom is -0.341 e. The Kier molecular flexibility index (Phi) is 8.06. The molecule has 0 aliphatic heterocycles. The third-order valence-corrected chi connectivity index (χ3v) is 1.57. The quantitative estimate of drug-likeness (QED) is 0.589. The van der Waals surface area contributed by atoms with E-state index >= 15 is 0 Å². The van der Waals surface area contributed by atoms with Crippen molar-refractivity contribution in [2.75, 3.05) is 28.3 Å². The molecule has 0 rings (SSSR count). The fourth-order valence-electron chi connectivity index (χ4n) is 0.448. The third kappa shape index (κ3) is 4.35. The minimum absolute atomic E-state index is 0.583. The summed E-state index contributed by atoms with van der Waals surface area (Å²) < 4.78 is 10.1. The maximum Gasteiger partial charge on any atom is 0.225 e. The molecule has 11 heavy (non-hydrogen) atoms. The smallest absolute Gasteiger partial charge is 0.225 e. The molecule has 0 saturated heterocycles. The molecule has 0 amide bonds. The number of nitrogens with zero attached hydrogens (tertiary/aromatic N) is 1. The van der Waals surface area contributed by atoms with Crippen LogP contribution >= 0.6 is 0 Å². The van der Waals surface area contributed by atoms with Crippen LogP contribution in [0.25, 0.3) is 0 Å². The molecule has 0 saturated carbocycles. The number of rotatable bonds is 3. The summed E-state index contributed by atoms with van der Waals surface area (Å²) in [6.07, 6.45) is 0. The van der Waals surface area contributed by atoms with E-state index in [1.54, 1.807) is 14.2 Å². The van der Waals surface area contributed by atoms with Gasteiger partial charge in [-0.2, -0.15) is 0 Å². The SMILES string of the molecule is CC.COC(C)(OC)N(C)C. The molecule has 0 N–H and O–H groups in total. The molecule has 0 heterocycles. The van der Waals surface area contributed by atoms with Crippen molar-refractivity contribution in [1.82, 2.24) is 4.90 Å². The lowest BCUT2D eigenvalue weighted by Gasteiger charge is -2.32. The summed E-state index contributed by atoms with van der Waals surface area (Å²) in [6, 6.07) is 0. The lowest BCUT2D eigenvalue weighted by atomic mass is 10.5. The fourth-order valence-corrected chi connectivity index (χ4v) is 0.448. The Morgan fingerprint density at radius 1 is 1.00 bits per heavy atom. The normalized spacial score (nSPS) is 10.9. The van der Waals surface area contributed by atoms with Crippen LogP contribution in [0.1, 0.15) is 20.8 Å². The zero-order chi connectivity index (χ0) is 9.49. The Balaban J connectivity index is 0. The summed E-state index contributed by atoms with van der Waals surface area (Å²) in [5, 5.41) is 0. The Labute approximate surface area is 70.3 Å². The molecule has 0 spiro atoms. The van der Waals surface area contributed by atoms with Crippen LogP contribution in [0.4, 0.5) is 0 Å². The summed E-state index contributed by atoms with van der Waals surface area (Å²) in [7, 11) is 7.02. The zero-order valence-corrected chi connectivity index (χ0v) is 8.76. The van der Waals surface area contributed by atoms with E-state index in [2.05, 4.69) is 0 Å². The Morgan fingerprint density at radius 3 is 1.27 bits per heavy atom. The fraction of sp³-hybridized carbons (Fsp3) is 1.00. The highest BCUT2D eigenvalue weighted by molar-refractivity contribution is 4.55. The van der Waals surface area contributed by atoms with Gasteiger partial charge < -0.3 is 9.47 Å². The predicted octanol–water partition coefficient (Wildman–Crippen LogP) is 1.54. The van der Waals surface area contributed by atoms with Gasteiger partial charge in [0.2, 0.25) is 5.91 Å². The van der Waals surface area contributed by atoms with Gasteiger partial charge in [0.05, 0.1) is 0 Å². The van der Waals surface area contributed by atoms with Crippen molar-refractivity contribution >= 4 is 0 Å². The van der Waals surface area contributed by atoms with Crippen molar-refractivity contribution in [3.05, 3.63) is 0 Å². The van der Waals surface area contributed by atoms with Crippen molar-refractivity contribution in [3.8, 4) is 0 Å². The van der Waals surface area contributed by atoms with E-state index in [1.165, 1.54) is 0 Å². The van der Waals surface area contributed by atoms with Crippen LogP contribution in [0.2, 0.25) is 0 Å². The molecule has 0 aromatic rings. The zero-order valence-electron chi connectivity index (χ0n) is 8.76. The van der Waals surface area contributed by atoms with Crippen LogP contribution in [0.3, 0.4) is 0 Å². The van der Waals surface area contributed by atoms with E-state index < -0.39 is 5.91 Å². The van der Waals surface area contributed by atoms with Gasteiger partial charge in [-0.05, 0) is 14.1 Å². The van der Waals surface area contributed by atoms with Gasteiger partial charge in [-0.3, -0.25) is 4.90 Å². The van der Waals surface area contributed by atoms with Gasteiger partial charge in [0.15, 0.2) is 0 Å². The lowest BCUT2D eigenvalue weighted by molar-refractivity contribution is -0.270. The van der Waals surface area contributed by atoms with Crippen molar-refractivity contribution < 1.29 is 9.47 Å². The summed E-state index contributed by atoms with van der Waals surface area (Å²) >= 11 is 0. The van der Waals surface area contributed by atoms with Crippen molar-refractivity contribution in [1.29, 1.82) is 0 Å². The highest BCUT2D eigenvalue weighted by Crippen LogP contribution is 2.11. The number of ether oxygens (including phenoxy) is 2. The van der Waals surface area contributed by atoms with Crippen molar-refractivity contribution in [2.24, 2.45) is 0 Å². The molecule has 0 aliphatic carbocycles. The largest absolute Gasteiger partial charge is 0.341 e. The second-order valence-corrected chi connectivity index (χ2v) is 2.20. The first-order valence-corrected chi connectivity index (χ1v) is 3.84. The standard InChI is InChI=1S/C6H15NO2.C2H6/c1-6(8-4,9-5)7(2)3;1-2/h1-5H3;1-2H3. The number of methoxy groups -OCH3 is 2. The highest BCUT2D eigenvalue weighted by atomic mass is 16.7. The van der Waals surface area contributed by atoms with Gasteiger partial charge in [0, 0.05) is 21.1 Å². The van der Waals surface area contributed by atoms with Crippen LogP contribution in [0.5, 0.6) is 0 Å². The van der Waals surface area contributed by atoms with Gasteiger partial charge in [0.25, 0.3) is 0 Å². The predicted molar refractivity (Wildman–Crippen MR) is 47.5 cm³/mol. The maximum atomic E-state index is 5.05. The van der Waals surface area contributed by atoms with E-state index in [4.69, 9.17) is 9.47 Å². The second kappa shape index (κ2) is 6.58. The molecular weight excluding hydrogens is 142 g/mol. The first kappa shape index (κ1) is 13.5. The molecule has 0 fully saturated rings. The van der Waals surface area contributed by atoms with Gasteiger partial charge in [-0.25, -0.2) is 0 Å². The van der Waals surface area contributed by atoms with E-state index in [0.29, 0.717) is 0 Å². The summed E-state index contributed by atoms with van der Waals surface area (Å²) in [6.45, 7) is 5.85. The van der Waals surface area contributed by atoms with Gasteiger partial charge in [0.1, 0.15) is 0 Å². The first-order valence-electron chi connectivity index (χ1n) is 3.84. The molecule has 0 radical (unpaired) electrons. The van der Waals surface area contributed by atoms with E-state index in [9.17, 15) is 0 Å². The van der Waals surface area contributed by atoms with Gasteiger partial charge in [-0.1, -0.05) is 13.8 Å². The molecule has 3 nitrogen and oxygen atoms in total. The molecule has 3 heteroatoms.